The predicted molar refractivity (Wildman–Crippen MR) is 124 cm³/mol. The van der Waals surface area contributed by atoms with E-state index in [1.165, 1.54) is 5.56 Å². The molecule has 0 radical (unpaired) electrons. The van der Waals surface area contributed by atoms with Gasteiger partial charge in [-0.3, -0.25) is 4.99 Å². The van der Waals surface area contributed by atoms with Crippen LogP contribution in [0.25, 0.3) is 5.69 Å². The molecule has 0 amide bonds. The molecule has 0 aliphatic heterocycles. The SMILES string of the molecule is CC(C)(C)c1cc(C=NCC[n+]2ccn(-c3ccccc3)c2)c(O)c(C(C)(C)C)c1. The van der Waals surface area contributed by atoms with Crippen molar-refractivity contribution in [1.29, 1.82) is 0 Å². The summed E-state index contributed by atoms with van der Waals surface area (Å²) in [4.78, 5) is 4.61. The maximum atomic E-state index is 10.9. The molecule has 0 atom stereocenters. The summed E-state index contributed by atoms with van der Waals surface area (Å²) in [6.07, 6.45) is 7.99. The number of phenolic OH excluding ortho intramolecular Hbond substituents is 1. The molecule has 30 heavy (non-hydrogen) atoms. The third-order valence-electron chi connectivity index (χ3n) is 5.28. The number of imidazole rings is 1. The number of hydrogen-bond donors (Lipinski definition) is 1. The number of nitrogens with zero attached hydrogens (tertiary/aromatic N) is 3. The highest BCUT2D eigenvalue weighted by Crippen LogP contribution is 2.37. The van der Waals surface area contributed by atoms with Crippen molar-refractivity contribution in [3.63, 3.8) is 0 Å². The molecular weight excluding hydrogens is 370 g/mol. The Morgan fingerprint density at radius 2 is 1.70 bits per heavy atom. The summed E-state index contributed by atoms with van der Waals surface area (Å²) in [5, 5.41) is 10.9. The number of para-hydroxylation sites is 1. The summed E-state index contributed by atoms with van der Waals surface area (Å²) in [5.74, 6) is 0.335. The van der Waals surface area contributed by atoms with Crippen molar-refractivity contribution in [1.82, 2.24) is 4.57 Å². The third-order valence-corrected chi connectivity index (χ3v) is 5.28. The number of aromatic hydroxyl groups is 1. The van der Waals surface area contributed by atoms with Crippen LogP contribution in [0.5, 0.6) is 5.75 Å². The van der Waals surface area contributed by atoms with E-state index in [0.717, 1.165) is 23.4 Å². The molecule has 0 bridgehead atoms. The van der Waals surface area contributed by atoms with E-state index >= 15 is 0 Å². The van der Waals surface area contributed by atoms with Gasteiger partial charge in [0.2, 0.25) is 6.33 Å². The minimum Gasteiger partial charge on any atom is -0.507 e. The third kappa shape index (κ3) is 5.18. The molecule has 3 aromatic rings. The lowest BCUT2D eigenvalue weighted by molar-refractivity contribution is -0.693. The molecule has 0 fully saturated rings. The topological polar surface area (TPSA) is 41.4 Å². The Bertz CT molecular complexity index is 1020. The summed E-state index contributed by atoms with van der Waals surface area (Å²) in [6, 6.07) is 14.5. The van der Waals surface area contributed by atoms with Crippen LogP contribution >= 0.6 is 0 Å². The van der Waals surface area contributed by atoms with Gasteiger partial charge in [0.05, 0.1) is 6.54 Å². The van der Waals surface area contributed by atoms with Crippen LogP contribution < -0.4 is 4.57 Å². The zero-order valence-electron chi connectivity index (χ0n) is 19.1. The Balaban J connectivity index is 1.75. The van der Waals surface area contributed by atoms with Gasteiger partial charge in [-0.1, -0.05) is 65.8 Å². The number of aliphatic imine (C=N–C) groups is 1. The summed E-state index contributed by atoms with van der Waals surface area (Å²) < 4.78 is 4.22. The summed E-state index contributed by atoms with van der Waals surface area (Å²) >= 11 is 0. The minimum atomic E-state index is -0.135. The van der Waals surface area contributed by atoms with Crippen LogP contribution in [0.2, 0.25) is 0 Å². The molecule has 0 unspecified atom stereocenters. The Morgan fingerprint density at radius 3 is 2.33 bits per heavy atom. The van der Waals surface area contributed by atoms with E-state index < -0.39 is 0 Å². The molecule has 2 aromatic carbocycles. The Morgan fingerprint density at radius 1 is 1.00 bits per heavy atom. The van der Waals surface area contributed by atoms with Crippen molar-refractivity contribution in [3.05, 3.63) is 77.9 Å². The van der Waals surface area contributed by atoms with E-state index in [-0.39, 0.29) is 10.8 Å². The molecule has 0 saturated heterocycles. The van der Waals surface area contributed by atoms with Crippen LogP contribution in [0.1, 0.15) is 58.2 Å². The monoisotopic (exact) mass is 404 g/mol. The Labute approximate surface area is 180 Å². The summed E-state index contributed by atoms with van der Waals surface area (Å²) in [7, 11) is 0. The highest BCUT2D eigenvalue weighted by atomic mass is 16.3. The van der Waals surface area contributed by atoms with Gasteiger partial charge in [-0.15, -0.1) is 0 Å². The van der Waals surface area contributed by atoms with Gasteiger partial charge < -0.3 is 5.11 Å². The Hall–Kier alpha value is -2.88. The van der Waals surface area contributed by atoms with Crippen molar-refractivity contribution in [3.8, 4) is 11.4 Å². The zero-order valence-corrected chi connectivity index (χ0v) is 19.1. The number of rotatable bonds is 5. The number of phenols is 1. The molecule has 1 N–H and O–H groups in total. The molecular formula is C26H34N3O+. The van der Waals surface area contributed by atoms with Crippen molar-refractivity contribution in [2.75, 3.05) is 6.54 Å². The molecule has 0 aliphatic rings. The van der Waals surface area contributed by atoms with Crippen molar-refractivity contribution >= 4 is 6.21 Å². The van der Waals surface area contributed by atoms with Crippen LogP contribution in [0.4, 0.5) is 0 Å². The van der Waals surface area contributed by atoms with Crippen LogP contribution in [0.15, 0.2) is 66.2 Å². The fourth-order valence-corrected chi connectivity index (χ4v) is 3.38. The van der Waals surface area contributed by atoms with E-state index in [1.54, 1.807) is 0 Å². The first-order valence-electron chi connectivity index (χ1n) is 10.6. The van der Waals surface area contributed by atoms with E-state index in [2.05, 4.69) is 92.5 Å². The average molecular weight is 405 g/mol. The van der Waals surface area contributed by atoms with Crippen LogP contribution in [0.3, 0.4) is 0 Å². The molecule has 1 aromatic heterocycles. The van der Waals surface area contributed by atoms with Crippen LogP contribution in [-0.4, -0.2) is 22.4 Å². The number of hydrogen-bond acceptors (Lipinski definition) is 2. The van der Waals surface area contributed by atoms with Gasteiger partial charge in [-0.05, 0) is 34.6 Å². The van der Waals surface area contributed by atoms with E-state index in [0.29, 0.717) is 12.3 Å². The standard InChI is InChI=1S/C26H33N3O/c1-25(2,3)21-16-20(24(30)23(17-21)26(4,5)6)18-27-12-13-28-14-15-29(19-28)22-10-8-7-9-11-22/h7-11,14-19H,12-13H2,1-6H3/p+1. The van der Waals surface area contributed by atoms with Crippen LogP contribution in [-0.2, 0) is 17.4 Å². The second-order valence-electron chi connectivity index (χ2n) is 9.89. The molecule has 1 heterocycles. The quantitative estimate of drug-likeness (QED) is 0.462. The highest BCUT2D eigenvalue weighted by molar-refractivity contribution is 5.85. The smallest absolute Gasteiger partial charge is 0.249 e. The van der Waals surface area contributed by atoms with Crippen molar-refractivity contribution in [2.24, 2.45) is 4.99 Å². The van der Waals surface area contributed by atoms with Gasteiger partial charge in [0.15, 0.2) is 0 Å². The lowest BCUT2D eigenvalue weighted by Gasteiger charge is -2.26. The maximum absolute atomic E-state index is 10.9. The van der Waals surface area contributed by atoms with E-state index in [1.807, 2.05) is 30.6 Å². The lowest BCUT2D eigenvalue weighted by Crippen LogP contribution is -2.32. The second kappa shape index (κ2) is 8.47. The molecule has 0 aliphatic carbocycles. The molecule has 0 saturated carbocycles. The molecule has 158 valence electrons. The van der Waals surface area contributed by atoms with Crippen molar-refractivity contribution < 1.29 is 9.67 Å². The van der Waals surface area contributed by atoms with E-state index in [4.69, 9.17) is 0 Å². The van der Waals surface area contributed by atoms with Crippen LogP contribution in [0, 0.1) is 0 Å². The lowest BCUT2D eigenvalue weighted by atomic mass is 9.79. The van der Waals surface area contributed by atoms with Gasteiger partial charge in [0, 0.05) is 17.3 Å². The maximum Gasteiger partial charge on any atom is 0.249 e. The molecule has 4 nitrogen and oxygen atoms in total. The Kier molecular flexibility index (Phi) is 6.16. The molecule has 3 rings (SSSR count). The fraction of sp³-hybridized carbons (Fsp3) is 0.385. The first kappa shape index (κ1) is 21.8. The van der Waals surface area contributed by atoms with Gasteiger partial charge >= 0.3 is 0 Å². The minimum absolute atomic E-state index is 0.00644. The van der Waals surface area contributed by atoms with E-state index in [9.17, 15) is 5.11 Å². The van der Waals surface area contributed by atoms with Crippen molar-refractivity contribution in [2.45, 2.75) is 58.9 Å². The summed E-state index contributed by atoms with van der Waals surface area (Å²) in [6.45, 7) is 14.4. The number of benzene rings is 2. The largest absolute Gasteiger partial charge is 0.507 e. The first-order valence-corrected chi connectivity index (χ1v) is 10.6. The predicted octanol–water partition coefficient (Wildman–Crippen LogP) is 5.18. The average Bonchev–Trinajstić information content (AvgIpc) is 3.14. The number of aromatic nitrogens is 2. The first-order chi connectivity index (χ1) is 14.1. The van der Waals surface area contributed by atoms with Gasteiger partial charge in [-0.25, -0.2) is 9.13 Å². The van der Waals surface area contributed by atoms with Gasteiger partial charge in [-0.2, -0.15) is 0 Å². The normalized spacial score (nSPS) is 12.6. The molecule has 0 spiro atoms. The fourth-order valence-electron chi connectivity index (χ4n) is 3.38. The van der Waals surface area contributed by atoms with Gasteiger partial charge in [0.1, 0.15) is 30.4 Å². The zero-order chi connectivity index (χ0) is 21.9. The summed E-state index contributed by atoms with van der Waals surface area (Å²) in [5.41, 5.74) is 3.97. The molecule has 4 heteroatoms. The second-order valence-corrected chi connectivity index (χ2v) is 9.89. The van der Waals surface area contributed by atoms with Gasteiger partial charge in [0.25, 0.3) is 0 Å². The highest BCUT2D eigenvalue weighted by Gasteiger charge is 2.24.